The zero-order valence-corrected chi connectivity index (χ0v) is 23.9. The number of nitrogens with zero attached hydrogens (tertiary/aromatic N) is 3. The third-order valence-corrected chi connectivity index (χ3v) is 8.51. The monoisotopic (exact) mass is 586 g/mol. The van der Waals surface area contributed by atoms with E-state index in [9.17, 15) is 18.0 Å². The number of carbonyl (C=O) groups is 1. The van der Waals surface area contributed by atoms with Crippen LogP contribution in [0.4, 0.5) is 18.9 Å². The number of likely N-dealkylation sites (tertiary alicyclic amines) is 1. The van der Waals surface area contributed by atoms with Crippen molar-refractivity contribution in [3.05, 3.63) is 76.9 Å². The fraction of sp³-hybridized carbons (Fsp3) is 0.419. The summed E-state index contributed by atoms with van der Waals surface area (Å²) in [5.41, 5.74) is 1.72. The zero-order chi connectivity index (χ0) is 29.2. The van der Waals surface area contributed by atoms with Crippen LogP contribution in [0.2, 0.25) is 5.02 Å². The van der Waals surface area contributed by atoms with Gasteiger partial charge in [-0.1, -0.05) is 35.9 Å². The van der Waals surface area contributed by atoms with Crippen LogP contribution in [0.25, 0.3) is 11.1 Å². The maximum absolute atomic E-state index is 14.0. The second kappa shape index (κ2) is 11.9. The van der Waals surface area contributed by atoms with E-state index >= 15 is 0 Å². The average molecular weight is 587 g/mol. The lowest BCUT2D eigenvalue weighted by atomic mass is 9.71. The molecule has 3 aromatic rings. The minimum Gasteiger partial charge on any atom is -0.478 e. The van der Waals surface area contributed by atoms with Crippen molar-refractivity contribution in [2.45, 2.75) is 43.8 Å². The van der Waals surface area contributed by atoms with Crippen LogP contribution in [-0.2, 0) is 16.4 Å². The van der Waals surface area contributed by atoms with Crippen molar-refractivity contribution in [1.82, 2.24) is 15.2 Å². The molecular weight excluding hydrogens is 553 g/mol. The van der Waals surface area contributed by atoms with Crippen LogP contribution in [0.1, 0.15) is 37.3 Å². The number of hydrogen-bond acceptors (Lipinski definition) is 5. The van der Waals surface area contributed by atoms with Gasteiger partial charge in [0.25, 0.3) is 0 Å². The Balaban J connectivity index is 1.41. The zero-order valence-electron chi connectivity index (χ0n) is 23.2. The summed E-state index contributed by atoms with van der Waals surface area (Å²) < 4.78 is 45.4. The van der Waals surface area contributed by atoms with Gasteiger partial charge in [0.1, 0.15) is 0 Å². The van der Waals surface area contributed by atoms with Crippen molar-refractivity contribution in [2.24, 2.45) is 0 Å². The summed E-state index contributed by atoms with van der Waals surface area (Å²) in [7, 11) is 2.04. The van der Waals surface area contributed by atoms with Crippen LogP contribution in [0.3, 0.4) is 0 Å². The standard InChI is InChI=1S/C31H34ClF3N4O2/c1-3-41-28-25(5-4-15-36-28)21-6-8-22(9-7-21)30(29(40)37-23-12-16-38(2)20-23)13-17-39(18-14-30)24-10-11-26(27(32)19-24)31(33,34)35/h4-11,15,19,23H,3,12-14,16-18,20H2,1-2H3,(H,37,40)/t23-/m1/s1. The van der Waals surface area contributed by atoms with Crippen LogP contribution in [0.5, 0.6) is 5.88 Å². The molecule has 2 aliphatic heterocycles. The van der Waals surface area contributed by atoms with Crippen molar-refractivity contribution in [3.63, 3.8) is 0 Å². The molecule has 3 heterocycles. The van der Waals surface area contributed by atoms with E-state index in [0.29, 0.717) is 44.1 Å². The van der Waals surface area contributed by atoms with Gasteiger partial charge in [-0.15, -0.1) is 0 Å². The summed E-state index contributed by atoms with van der Waals surface area (Å²) in [4.78, 5) is 22.6. The van der Waals surface area contributed by atoms with Gasteiger partial charge in [0.15, 0.2) is 0 Å². The smallest absolute Gasteiger partial charge is 0.417 e. The Labute approximate surface area is 243 Å². The number of amides is 1. The van der Waals surface area contributed by atoms with Crippen molar-refractivity contribution >= 4 is 23.2 Å². The molecule has 0 aliphatic carbocycles. The number of benzene rings is 2. The fourth-order valence-electron chi connectivity index (χ4n) is 5.93. The number of ether oxygens (including phenoxy) is 1. The Morgan fingerprint density at radius 2 is 1.85 bits per heavy atom. The lowest BCUT2D eigenvalue weighted by molar-refractivity contribution is -0.137. The molecule has 41 heavy (non-hydrogen) atoms. The molecule has 5 rings (SSSR count). The first-order chi connectivity index (χ1) is 19.6. The predicted molar refractivity (Wildman–Crippen MR) is 154 cm³/mol. The van der Waals surface area contributed by atoms with E-state index in [1.807, 2.05) is 55.3 Å². The molecule has 2 aliphatic rings. The Morgan fingerprint density at radius 3 is 2.46 bits per heavy atom. The van der Waals surface area contributed by atoms with Crippen LogP contribution in [-0.4, -0.2) is 61.7 Å². The van der Waals surface area contributed by atoms with E-state index in [0.717, 1.165) is 42.3 Å². The number of aromatic nitrogens is 1. The number of alkyl halides is 3. The van der Waals surface area contributed by atoms with Gasteiger partial charge in [0, 0.05) is 43.1 Å². The lowest BCUT2D eigenvalue weighted by Gasteiger charge is -2.42. The van der Waals surface area contributed by atoms with Crippen molar-refractivity contribution in [1.29, 1.82) is 0 Å². The quantitative estimate of drug-likeness (QED) is 0.358. The van der Waals surface area contributed by atoms with Crippen LogP contribution in [0, 0.1) is 0 Å². The molecule has 0 unspecified atom stereocenters. The number of nitrogens with one attached hydrogen (secondary N) is 1. The van der Waals surface area contributed by atoms with Crippen LogP contribution >= 0.6 is 11.6 Å². The second-order valence-corrected chi connectivity index (χ2v) is 11.2. The van der Waals surface area contributed by atoms with E-state index in [2.05, 4.69) is 15.2 Å². The second-order valence-electron chi connectivity index (χ2n) is 10.8. The Hall–Kier alpha value is -3.30. The summed E-state index contributed by atoms with van der Waals surface area (Å²) in [6, 6.07) is 15.7. The van der Waals surface area contributed by atoms with Gasteiger partial charge in [-0.3, -0.25) is 4.79 Å². The molecule has 1 N–H and O–H groups in total. The number of pyridine rings is 1. The molecule has 2 fully saturated rings. The molecule has 0 spiro atoms. The molecule has 2 aromatic carbocycles. The van der Waals surface area contributed by atoms with Crippen molar-refractivity contribution in [2.75, 3.05) is 44.7 Å². The van der Waals surface area contributed by atoms with Gasteiger partial charge in [0.2, 0.25) is 11.8 Å². The Kier molecular flexibility index (Phi) is 8.47. The SMILES string of the molecule is CCOc1ncccc1-c1ccc(C2(C(=O)N[C@@H]3CCN(C)C3)CCN(c3ccc(C(F)(F)F)c(Cl)c3)CC2)cc1. The molecule has 10 heteroatoms. The van der Waals surface area contributed by atoms with Gasteiger partial charge in [0.05, 0.1) is 22.6 Å². The van der Waals surface area contributed by atoms with Gasteiger partial charge >= 0.3 is 6.18 Å². The van der Waals surface area contributed by atoms with Crippen LogP contribution < -0.4 is 15.0 Å². The number of likely N-dealkylation sites (N-methyl/N-ethyl adjacent to an activating group) is 1. The van der Waals surface area contributed by atoms with E-state index in [1.165, 1.54) is 12.1 Å². The maximum Gasteiger partial charge on any atom is 0.417 e. The van der Waals surface area contributed by atoms with Crippen molar-refractivity contribution < 1.29 is 22.7 Å². The van der Waals surface area contributed by atoms with Gasteiger partial charge in [-0.05, 0) is 81.2 Å². The number of carbonyl (C=O) groups excluding carboxylic acids is 1. The Morgan fingerprint density at radius 1 is 1.12 bits per heavy atom. The molecule has 0 saturated carbocycles. The first-order valence-corrected chi connectivity index (χ1v) is 14.3. The fourth-order valence-corrected chi connectivity index (χ4v) is 6.21. The highest BCUT2D eigenvalue weighted by Gasteiger charge is 2.44. The molecule has 2 saturated heterocycles. The van der Waals surface area contributed by atoms with Gasteiger partial charge in [-0.2, -0.15) is 13.2 Å². The van der Waals surface area contributed by atoms with Gasteiger partial charge in [-0.25, -0.2) is 4.98 Å². The summed E-state index contributed by atoms with van der Waals surface area (Å²) in [6.45, 7) is 5.15. The molecule has 0 radical (unpaired) electrons. The highest BCUT2D eigenvalue weighted by Crippen LogP contribution is 2.41. The van der Waals surface area contributed by atoms with E-state index in [-0.39, 0.29) is 17.0 Å². The minimum atomic E-state index is -4.51. The van der Waals surface area contributed by atoms with E-state index in [4.69, 9.17) is 16.3 Å². The largest absolute Gasteiger partial charge is 0.478 e. The third-order valence-electron chi connectivity index (χ3n) is 8.20. The normalized spacial score (nSPS) is 19.3. The maximum atomic E-state index is 14.0. The molecule has 1 amide bonds. The first-order valence-electron chi connectivity index (χ1n) is 13.9. The van der Waals surface area contributed by atoms with Gasteiger partial charge < -0.3 is 19.9 Å². The molecule has 0 bridgehead atoms. The first kappa shape index (κ1) is 29.2. The third kappa shape index (κ3) is 6.16. The molecule has 218 valence electrons. The number of anilines is 1. The molecule has 1 atom stereocenters. The number of piperidine rings is 1. The Bertz CT molecular complexity index is 1370. The predicted octanol–water partition coefficient (Wildman–Crippen LogP) is 6.18. The highest BCUT2D eigenvalue weighted by atomic mass is 35.5. The summed E-state index contributed by atoms with van der Waals surface area (Å²) in [6.07, 6.45) is -0.897. The summed E-state index contributed by atoms with van der Waals surface area (Å²) in [5, 5.41) is 2.98. The highest BCUT2D eigenvalue weighted by molar-refractivity contribution is 6.31. The average Bonchev–Trinajstić information content (AvgIpc) is 3.37. The minimum absolute atomic E-state index is 0.00738. The van der Waals surface area contributed by atoms with E-state index in [1.54, 1.807) is 6.20 Å². The topological polar surface area (TPSA) is 57.7 Å². The number of hydrogen-bond donors (Lipinski definition) is 1. The molecular formula is C31H34ClF3N4O2. The summed E-state index contributed by atoms with van der Waals surface area (Å²) >= 11 is 6.01. The molecule has 1 aromatic heterocycles. The number of halogens is 4. The number of rotatable bonds is 7. The van der Waals surface area contributed by atoms with Crippen LogP contribution in [0.15, 0.2) is 60.8 Å². The van der Waals surface area contributed by atoms with E-state index < -0.39 is 17.2 Å². The molecule has 6 nitrogen and oxygen atoms in total. The van der Waals surface area contributed by atoms with Crippen molar-refractivity contribution in [3.8, 4) is 17.0 Å². The summed E-state index contributed by atoms with van der Waals surface area (Å²) in [5.74, 6) is 0.552. The lowest BCUT2D eigenvalue weighted by Crippen LogP contribution is -2.54.